The Labute approximate surface area is 109 Å². The summed E-state index contributed by atoms with van der Waals surface area (Å²) in [7, 11) is 0. The van der Waals surface area contributed by atoms with E-state index in [2.05, 4.69) is 5.32 Å². The van der Waals surface area contributed by atoms with Crippen molar-refractivity contribution < 1.29 is 9.53 Å². The van der Waals surface area contributed by atoms with Crippen molar-refractivity contribution >= 4 is 5.91 Å². The summed E-state index contributed by atoms with van der Waals surface area (Å²) in [6, 6.07) is 7.64. The van der Waals surface area contributed by atoms with Crippen LogP contribution in [0.4, 0.5) is 0 Å². The molecule has 0 heterocycles. The van der Waals surface area contributed by atoms with Gasteiger partial charge in [0.15, 0.2) is 6.10 Å². The highest BCUT2D eigenvalue weighted by atomic mass is 16.5. The highest BCUT2D eigenvalue weighted by Gasteiger charge is 2.20. The molecule has 1 rings (SSSR count). The predicted octanol–water partition coefficient (Wildman–Crippen LogP) is 1.62. The van der Waals surface area contributed by atoms with Gasteiger partial charge in [0.1, 0.15) is 5.75 Å². The molecular formula is C14H22N2O2. The van der Waals surface area contributed by atoms with Crippen LogP contribution in [0.25, 0.3) is 0 Å². The molecule has 0 spiro atoms. The smallest absolute Gasteiger partial charge is 0.261 e. The lowest BCUT2D eigenvalue weighted by molar-refractivity contribution is -0.128. The van der Waals surface area contributed by atoms with Crippen molar-refractivity contribution in [3.8, 4) is 5.75 Å². The number of nitrogens with one attached hydrogen (secondary N) is 1. The van der Waals surface area contributed by atoms with Crippen LogP contribution in [0.5, 0.6) is 5.75 Å². The van der Waals surface area contributed by atoms with Gasteiger partial charge in [0.2, 0.25) is 0 Å². The van der Waals surface area contributed by atoms with E-state index in [1.165, 1.54) is 0 Å². The highest BCUT2D eigenvalue weighted by molar-refractivity contribution is 5.81. The summed E-state index contributed by atoms with van der Waals surface area (Å²) in [5, 5.41) is 2.83. The molecule has 1 amide bonds. The van der Waals surface area contributed by atoms with E-state index in [0.717, 1.165) is 11.3 Å². The molecule has 1 aromatic rings. The first kappa shape index (κ1) is 14.5. The second kappa shape index (κ2) is 7.01. The molecular weight excluding hydrogens is 228 g/mol. The molecule has 0 saturated heterocycles. The lowest BCUT2D eigenvalue weighted by Crippen LogP contribution is -2.45. The normalized spacial score (nSPS) is 13.8. The van der Waals surface area contributed by atoms with Gasteiger partial charge in [-0.25, -0.2) is 0 Å². The first-order valence-corrected chi connectivity index (χ1v) is 6.31. The van der Waals surface area contributed by atoms with Crippen molar-refractivity contribution in [3.63, 3.8) is 0 Å². The summed E-state index contributed by atoms with van der Waals surface area (Å²) in [6.45, 7) is 6.18. The molecule has 0 aromatic heterocycles. The van der Waals surface area contributed by atoms with E-state index in [0.29, 0.717) is 13.0 Å². The van der Waals surface area contributed by atoms with Gasteiger partial charge in [0.05, 0.1) is 0 Å². The van der Waals surface area contributed by atoms with E-state index < -0.39 is 6.10 Å². The summed E-state index contributed by atoms with van der Waals surface area (Å²) in [6.07, 6.45) is 0.150. The van der Waals surface area contributed by atoms with Crippen molar-refractivity contribution in [1.29, 1.82) is 0 Å². The van der Waals surface area contributed by atoms with Crippen LogP contribution in [0.15, 0.2) is 24.3 Å². The molecule has 2 atom stereocenters. The first-order chi connectivity index (χ1) is 8.58. The molecule has 4 heteroatoms. The number of hydrogen-bond donors (Lipinski definition) is 2. The number of benzene rings is 1. The third-order valence-electron chi connectivity index (χ3n) is 2.77. The van der Waals surface area contributed by atoms with Crippen LogP contribution in [0.3, 0.4) is 0 Å². The predicted molar refractivity (Wildman–Crippen MR) is 72.5 cm³/mol. The van der Waals surface area contributed by atoms with E-state index in [1.807, 2.05) is 45.0 Å². The summed E-state index contributed by atoms with van der Waals surface area (Å²) < 4.78 is 5.75. The zero-order valence-corrected chi connectivity index (χ0v) is 11.3. The fourth-order valence-electron chi connectivity index (χ4n) is 1.56. The molecule has 3 N–H and O–H groups in total. The molecule has 0 saturated carbocycles. The zero-order valence-electron chi connectivity index (χ0n) is 11.3. The van der Waals surface area contributed by atoms with Gasteiger partial charge in [-0.2, -0.15) is 0 Å². The number of aryl methyl sites for hydroxylation is 1. The largest absolute Gasteiger partial charge is 0.480 e. The average Bonchev–Trinajstić information content (AvgIpc) is 2.37. The van der Waals surface area contributed by atoms with Gasteiger partial charge in [-0.3, -0.25) is 4.79 Å². The minimum atomic E-state index is -0.472. The van der Waals surface area contributed by atoms with Crippen molar-refractivity contribution in [3.05, 3.63) is 29.8 Å². The van der Waals surface area contributed by atoms with Crippen LogP contribution in [-0.4, -0.2) is 24.6 Å². The van der Waals surface area contributed by atoms with Crippen LogP contribution < -0.4 is 15.8 Å². The third kappa shape index (κ3) is 4.04. The fraction of sp³-hybridized carbons (Fsp3) is 0.500. The Bertz CT molecular complexity index is 393. The molecule has 4 nitrogen and oxygen atoms in total. The minimum Gasteiger partial charge on any atom is -0.480 e. The van der Waals surface area contributed by atoms with Crippen molar-refractivity contribution in [2.45, 2.75) is 39.3 Å². The molecule has 18 heavy (non-hydrogen) atoms. The van der Waals surface area contributed by atoms with E-state index in [1.54, 1.807) is 0 Å². The van der Waals surface area contributed by atoms with Crippen molar-refractivity contribution in [2.24, 2.45) is 5.73 Å². The number of para-hydroxylation sites is 1. The average molecular weight is 250 g/mol. The second-order valence-electron chi connectivity index (χ2n) is 4.43. The number of carbonyl (C=O) groups excluding carboxylic acids is 1. The van der Waals surface area contributed by atoms with Crippen LogP contribution in [0.2, 0.25) is 0 Å². The summed E-state index contributed by atoms with van der Waals surface area (Å²) in [4.78, 5) is 12.0. The van der Waals surface area contributed by atoms with E-state index in [4.69, 9.17) is 10.5 Å². The van der Waals surface area contributed by atoms with Gasteiger partial charge in [-0.1, -0.05) is 25.1 Å². The lowest BCUT2D eigenvalue weighted by Gasteiger charge is -2.20. The molecule has 100 valence electrons. The lowest BCUT2D eigenvalue weighted by atomic mass is 10.2. The Morgan fingerprint density at radius 3 is 2.67 bits per heavy atom. The number of hydrogen-bond acceptors (Lipinski definition) is 3. The number of carbonyl (C=O) groups is 1. The van der Waals surface area contributed by atoms with E-state index in [-0.39, 0.29) is 11.9 Å². The van der Waals surface area contributed by atoms with Crippen molar-refractivity contribution in [2.75, 3.05) is 6.54 Å². The monoisotopic (exact) mass is 250 g/mol. The zero-order chi connectivity index (χ0) is 13.5. The Kier molecular flexibility index (Phi) is 5.65. The summed E-state index contributed by atoms with van der Waals surface area (Å²) in [5.41, 5.74) is 6.51. The Balaban J connectivity index is 2.67. The standard InChI is InChI=1S/C14H22N2O2/c1-4-12(14(17)16-11(3)9-15)18-13-8-6-5-7-10(13)2/h5-8,11-12H,4,9,15H2,1-3H3,(H,16,17)/t11-,12?/m0/s1. The van der Waals surface area contributed by atoms with Crippen LogP contribution in [0.1, 0.15) is 25.8 Å². The topological polar surface area (TPSA) is 64.3 Å². The Hall–Kier alpha value is -1.55. The third-order valence-corrected chi connectivity index (χ3v) is 2.77. The van der Waals surface area contributed by atoms with Gasteiger partial charge in [-0.15, -0.1) is 0 Å². The van der Waals surface area contributed by atoms with Gasteiger partial charge >= 0.3 is 0 Å². The van der Waals surface area contributed by atoms with Gasteiger partial charge < -0.3 is 15.8 Å². The molecule has 0 bridgehead atoms. The Morgan fingerprint density at radius 1 is 1.44 bits per heavy atom. The number of nitrogens with two attached hydrogens (primary N) is 1. The highest BCUT2D eigenvalue weighted by Crippen LogP contribution is 2.18. The summed E-state index contributed by atoms with van der Waals surface area (Å²) in [5.74, 6) is 0.638. The van der Waals surface area contributed by atoms with Crippen LogP contribution in [0, 0.1) is 6.92 Å². The number of ether oxygens (including phenoxy) is 1. The number of rotatable bonds is 6. The molecule has 0 radical (unpaired) electrons. The van der Waals surface area contributed by atoms with Crippen molar-refractivity contribution in [1.82, 2.24) is 5.32 Å². The molecule has 0 fully saturated rings. The molecule has 0 aliphatic carbocycles. The maximum atomic E-state index is 12.0. The fourth-order valence-corrected chi connectivity index (χ4v) is 1.56. The second-order valence-corrected chi connectivity index (χ2v) is 4.43. The molecule has 1 aromatic carbocycles. The summed E-state index contributed by atoms with van der Waals surface area (Å²) >= 11 is 0. The maximum Gasteiger partial charge on any atom is 0.261 e. The SMILES string of the molecule is CCC(Oc1ccccc1C)C(=O)N[C@@H](C)CN. The van der Waals surface area contributed by atoms with Gasteiger partial charge in [0, 0.05) is 12.6 Å². The molecule has 0 aliphatic rings. The van der Waals surface area contributed by atoms with Gasteiger partial charge in [-0.05, 0) is 31.9 Å². The molecule has 1 unspecified atom stereocenters. The quantitative estimate of drug-likeness (QED) is 0.806. The Morgan fingerprint density at radius 2 is 2.11 bits per heavy atom. The minimum absolute atomic E-state index is 0.0352. The van der Waals surface area contributed by atoms with E-state index in [9.17, 15) is 4.79 Å². The van der Waals surface area contributed by atoms with E-state index >= 15 is 0 Å². The molecule has 0 aliphatic heterocycles. The van der Waals surface area contributed by atoms with Crippen LogP contribution >= 0.6 is 0 Å². The maximum absolute atomic E-state index is 12.0. The number of amides is 1. The first-order valence-electron chi connectivity index (χ1n) is 6.31. The van der Waals surface area contributed by atoms with Crippen LogP contribution in [-0.2, 0) is 4.79 Å². The van der Waals surface area contributed by atoms with Gasteiger partial charge in [0.25, 0.3) is 5.91 Å².